The Morgan fingerprint density at radius 3 is 2.88 bits per heavy atom. The second kappa shape index (κ2) is 5.54. The molecular formula is C21H28N4O. The van der Waals surface area contributed by atoms with Gasteiger partial charge in [0, 0.05) is 23.7 Å². The van der Waals surface area contributed by atoms with E-state index in [-0.39, 0.29) is 16.7 Å². The highest BCUT2D eigenvalue weighted by Gasteiger charge is 2.57. The van der Waals surface area contributed by atoms with Crippen LogP contribution in [0.2, 0.25) is 0 Å². The van der Waals surface area contributed by atoms with E-state index in [0.717, 1.165) is 31.7 Å². The van der Waals surface area contributed by atoms with Gasteiger partial charge in [-0.15, -0.1) is 5.10 Å². The summed E-state index contributed by atoms with van der Waals surface area (Å²) in [6.45, 7) is 5.68. The molecule has 5 atom stereocenters. The molecule has 5 nitrogen and oxygen atoms in total. The van der Waals surface area contributed by atoms with Crippen LogP contribution in [0.25, 0.3) is 5.70 Å². The number of carbonyl (C=O) groups excluding carboxylic acids is 1. The lowest BCUT2D eigenvalue weighted by atomic mass is 9.48. The summed E-state index contributed by atoms with van der Waals surface area (Å²) in [6, 6.07) is 0. The standard InChI is InChI=1S/C21H28N4O/c1-20-9-10-22-19(26)13-14(20)3-4-15-16-5-6-18(25-12-11-23-24-25)21(16,2)8-7-17(15)20/h6,11-13,15-17H,3-5,7-10H2,1-2H3,(H,22,26). The average Bonchev–Trinajstić information content (AvgIpc) is 3.20. The van der Waals surface area contributed by atoms with Gasteiger partial charge in [0.05, 0.1) is 12.4 Å². The number of carbonyl (C=O) groups is 1. The van der Waals surface area contributed by atoms with Gasteiger partial charge in [-0.05, 0) is 61.7 Å². The second-order valence-corrected chi connectivity index (χ2v) is 9.17. The van der Waals surface area contributed by atoms with Crippen molar-refractivity contribution >= 4 is 11.6 Å². The molecule has 0 radical (unpaired) electrons. The van der Waals surface area contributed by atoms with E-state index in [9.17, 15) is 4.79 Å². The number of hydrogen-bond donors (Lipinski definition) is 1. The zero-order valence-corrected chi connectivity index (χ0v) is 15.7. The van der Waals surface area contributed by atoms with E-state index < -0.39 is 0 Å². The van der Waals surface area contributed by atoms with Gasteiger partial charge < -0.3 is 5.32 Å². The lowest BCUT2D eigenvalue weighted by Gasteiger charge is -2.56. The minimum atomic E-state index is 0.110. The van der Waals surface area contributed by atoms with Crippen LogP contribution in [-0.4, -0.2) is 27.4 Å². The van der Waals surface area contributed by atoms with Gasteiger partial charge in [0.2, 0.25) is 5.91 Å². The predicted molar refractivity (Wildman–Crippen MR) is 99.8 cm³/mol. The quantitative estimate of drug-likeness (QED) is 0.842. The first-order chi connectivity index (χ1) is 12.5. The summed E-state index contributed by atoms with van der Waals surface area (Å²) in [7, 11) is 0. The number of fused-ring (bicyclic) bond motifs is 5. The molecule has 2 fully saturated rings. The van der Waals surface area contributed by atoms with Gasteiger partial charge in [0.1, 0.15) is 0 Å². The van der Waals surface area contributed by atoms with Crippen molar-refractivity contribution in [3.63, 3.8) is 0 Å². The Bertz CT molecular complexity index is 795. The number of hydrogen-bond acceptors (Lipinski definition) is 3. The summed E-state index contributed by atoms with van der Waals surface area (Å²) in [4.78, 5) is 12.0. The van der Waals surface area contributed by atoms with Gasteiger partial charge >= 0.3 is 0 Å². The number of aromatic nitrogens is 3. The molecule has 1 aromatic heterocycles. The summed E-state index contributed by atoms with van der Waals surface area (Å²) in [5.74, 6) is 2.22. The minimum Gasteiger partial charge on any atom is -0.353 e. The van der Waals surface area contributed by atoms with Crippen molar-refractivity contribution < 1.29 is 4.79 Å². The van der Waals surface area contributed by atoms with E-state index >= 15 is 0 Å². The smallest absolute Gasteiger partial charge is 0.243 e. The maximum Gasteiger partial charge on any atom is 0.243 e. The Hall–Kier alpha value is -1.91. The Kier molecular flexibility index (Phi) is 3.47. The molecule has 1 amide bonds. The number of nitrogens with one attached hydrogen (secondary N) is 1. The van der Waals surface area contributed by atoms with E-state index in [1.165, 1.54) is 30.5 Å². The molecular weight excluding hydrogens is 324 g/mol. The SMILES string of the molecule is CC12CCNC(=O)C=C1CCC1C2CCC2(C)C(n3ccnn3)=CCC12. The van der Waals surface area contributed by atoms with E-state index in [2.05, 4.69) is 35.6 Å². The van der Waals surface area contributed by atoms with Crippen LogP contribution in [-0.2, 0) is 4.79 Å². The third-order valence-corrected chi connectivity index (χ3v) is 8.19. The molecule has 5 rings (SSSR count). The van der Waals surface area contributed by atoms with Crippen LogP contribution >= 0.6 is 0 Å². The third-order valence-electron chi connectivity index (χ3n) is 8.19. The third kappa shape index (κ3) is 2.12. The van der Waals surface area contributed by atoms with Gasteiger partial charge in [0.25, 0.3) is 0 Å². The molecule has 2 saturated carbocycles. The summed E-state index contributed by atoms with van der Waals surface area (Å²) >= 11 is 0. The molecule has 2 heterocycles. The molecule has 4 aliphatic rings. The zero-order valence-electron chi connectivity index (χ0n) is 15.7. The molecule has 26 heavy (non-hydrogen) atoms. The summed E-state index contributed by atoms with van der Waals surface area (Å²) in [5, 5.41) is 11.4. The van der Waals surface area contributed by atoms with Crippen molar-refractivity contribution in [2.75, 3.05) is 6.54 Å². The van der Waals surface area contributed by atoms with Crippen molar-refractivity contribution in [3.05, 3.63) is 30.1 Å². The molecule has 0 spiro atoms. The van der Waals surface area contributed by atoms with E-state index in [4.69, 9.17) is 0 Å². The van der Waals surface area contributed by atoms with Gasteiger partial charge in [-0.25, -0.2) is 4.68 Å². The topological polar surface area (TPSA) is 59.8 Å². The van der Waals surface area contributed by atoms with Crippen LogP contribution in [0.4, 0.5) is 0 Å². The number of nitrogens with zero attached hydrogens (tertiary/aromatic N) is 3. The van der Waals surface area contributed by atoms with Crippen LogP contribution in [0.15, 0.2) is 30.1 Å². The second-order valence-electron chi connectivity index (χ2n) is 9.17. The van der Waals surface area contributed by atoms with Crippen molar-refractivity contribution in [3.8, 4) is 0 Å². The fraction of sp³-hybridized carbons (Fsp3) is 0.667. The number of allylic oxidation sites excluding steroid dienone is 3. The molecule has 138 valence electrons. The summed E-state index contributed by atoms with van der Waals surface area (Å²) < 4.78 is 1.99. The lowest BCUT2D eigenvalue weighted by Crippen LogP contribution is -2.49. The van der Waals surface area contributed by atoms with E-state index in [1.807, 2.05) is 17.0 Å². The maximum absolute atomic E-state index is 12.0. The number of rotatable bonds is 1. The van der Waals surface area contributed by atoms with Crippen LogP contribution in [0.3, 0.4) is 0 Å². The van der Waals surface area contributed by atoms with Gasteiger partial charge in [0.15, 0.2) is 0 Å². The molecule has 0 saturated heterocycles. The Labute approximate surface area is 154 Å². The highest BCUT2D eigenvalue weighted by Crippen LogP contribution is 2.65. The molecule has 1 aliphatic heterocycles. The molecule has 5 unspecified atom stereocenters. The van der Waals surface area contributed by atoms with Crippen LogP contribution in [0.5, 0.6) is 0 Å². The van der Waals surface area contributed by atoms with Gasteiger partial charge in [-0.3, -0.25) is 4.79 Å². The highest BCUT2D eigenvalue weighted by molar-refractivity contribution is 5.88. The monoisotopic (exact) mass is 352 g/mol. The average molecular weight is 352 g/mol. The molecule has 0 aromatic carbocycles. The maximum atomic E-state index is 12.0. The molecule has 1 N–H and O–H groups in total. The van der Waals surface area contributed by atoms with Gasteiger partial charge in [-0.1, -0.05) is 30.7 Å². The van der Waals surface area contributed by atoms with Crippen LogP contribution in [0, 0.1) is 28.6 Å². The lowest BCUT2D eigenvalue weighted by molar-refractivity contribution is -0.116. The molecule has 1 aromatic rings. The Morgan fingerprint density at radius 1 is 1.19 bits per heavy atom. The van der Waals surface area contributed by atoms with Crippen molar-refractivity contribution in [1.29, 1.82) is 0 Å². The van der Waals surface area contributed by atoms with E-state index in [0.29, 0.717) is 11.8 Å². The van der Waals surface area contributed by atoms with Crippen molar-refractivity contribution in [2.24, 2.45) is 28.6 Å². The first-order valence-corrected chi connectivity index (χ1v) is 10.1. The van der Waals surface area contributed by atoms with Crippen molar-refractivity contribution in [2.45, 2.75) is 52.4 Å². The number of amides is 1. The first-order valence-electron chi connectivity index (χ1n) is 10.1. The Balaban J connectivity index is 1.48. The highest BCUT2D eigenvalue weighted by atomic mass is 16.1. The van der Waals surface area contributed by atoms with Crippen LogP contribution < -0.4 is 5.32 Å². The minimum absolute atomic E-state index is 0.110. The molecule has 3 aliphatic carbocycles. The predicted octanol–water partition coefficient (Wildman–Crippen LogP) is 3.42. The summed E-state index contributed by atoms with van der Waals surface area (Å²) in [6.07, 6.45) is 15.1. The molecule has 5 heteroatoms. The zero-order chi connectivity index (χ0) is 17.9. The summed E-state index contributed by atoms with van der Waals surface area (Å²) in [5.41, 5.74) is 3.13. The largest absolute Gasteiger partial charge is 0.353 e. The van der Waals surface area contributed by atoms with Crippen LogP contribution in [0.1, 0.15) is 52.4 Å². The fourth-order valence-electron chi connectivity index (χ4n) is 6.80. The normalized spacial score (nSPS) is 41.9. The van der Waals surface area contributed by atoms with Crippen molar-refractivity contribution in [1.82, 2.24) is 20.3 Å². The Morgan fingerprint density at radius 2 is 2.08 bits per heavy atom. The molecule has 0 bridgehead atoms. The first kappa shape index (κ1) is 16.3. The van der Waals surface area contributed by atoms with Gasteiger partial charge in [-0.2, -0.15) is 0 Å². The van der Waals surface area contributed by atoms with E-state index in [1.54, 1.807) is 6.20 Å². The fourth-order valence-corrected chi connectivity index (χ4v) is 6.80.